The average molecular weight is 241 g/mol. The fraction of sp³-hybridized carbons (Fsp3) is 0.417. The summed E-state index contributed by atoms with van der Waals surface area (Å²) >= 11 is 4.87. The van der Waals surface area contributed by atoms with Crippen molar-refractivity contribution in [3.63, 3.8) is 0 Å². The maximum absolute atomic E-state index is 13.0. The van der Waals surface area contributed by atoms with E-state index in [2.05, 4.69) is 0 Å². The lowest BCUT2D eigenvalue weighted by Gasteiger charge is -2.13. The van der Waals surface area contributed by atoms with Crippen LogP contribution in [0.5, 0.6) is 0 Å². The zero-order chi connectivity index (χ0) is 12.1. The Morgan fingerprint density at radius 1 is 1.56 bits per heavy atom. The molecule has 0 amide bonds. The standard InChI is InChI=1S/C12H16FNOS/c1-3-8(2)15-7-9-4-5-10(13)6-11(9)12(14)16/h4-6,8H,3,7H2,1-2H3,(H2,14,16). The molecule has 0 bridgehead atoms. The summed E-state index contributed by atoms with van der Waals surface area (Å²) in [5.41, 5.74) is 6.91. The molecule has 16 heavy (non-hydrogen) atoms. The fourth-order valence-corrected chi connectivity index (χ4v) is 1.44. The molecule has 2 N–H and O–H groups in total. The van der Waals surface area contributed by atoms with Crippen LogP contribution < -0.4 is 5.73 Å². The number of ether oxygens (including phenoxy) is 1. The van der Waals surface area contributed by atoms with E-state index in [0.29, 0.717) is 12.2 Å². The maximum atomic E-state index is 13.0. The summed E-state index contributed by atoms with van der Waals surface area (Å²) in [6.45, 7) is 4.44. The highest BCUT2D eigenvalue weighted by atomic mass is 32.1. The van der Waals surface area contributed by atoms with Crippen LogP contribution in [-0.2, 0) is 11.3 Å². The molecule has 0 heterocycles. The molecule has 0 spiro atoms. The van der Waals surface area contributed by atoms with Gasteiger partial charge in [-0.2, -0.15) is 0 Å². The molecule has 1 unspecified atom stereocenters. The van der Waals surface area contributed by atoms with Gasteiger partial charge >= 0.3 is 0 Å². The van der Waals surface area contributed by atoms with Crippen molar-refractivity contribution < 1.29 is 9.13 Å². The molecule has 1 rings (SSSR count). The summed E-state index contributed by atoms with van der Waals surface area (Å²) in [6, 6.07) is 4.39. The van der Waals surface area contributed by atoms with Crippen LogP contribution in [0.1, 0.15) is 31.4 Å². The van der Waals surface area contributed by atoms with Gasteiger partial charge in [0.15, 0.2) is 0 Å². The van der Waals surface area contributed by atoms with Gasteiger partial charge < -0.3 is 10.5 Å². The molecule has 4 heteroatoms. The molecule has 0 fully saturated rings. The van der Waals surface area contributed by atoms with Crippen LogP contribution in [-0.4, -0.2) is 11.1 Å². The first-order chi connectivity index (χ1) is 7.54. The quantitative estimate of drug-likeness (QED) is 0.805. The molecular formula is C12H16FNOS. The monoisotopic (exact) mass is 241 g/mol. The van der Waals surface area contributed by atoms with Gasteiger partial charge in [-0.3, -0.25) is 0 Å². The lowest BCUT2D eigenvalue weighted by Crippen LogP contribution is -2.15. The summed E-state index contributed by atoms with van der Waals surface area (Å²) in [7, 11) is 0. The van der Waals surface area contributed by atoms with Gasteiger partial charge in [-0.1, -0.05) is 25.2 Å². The Morgan fingerprint density at radius 3 is 2.81 bits per heavy atom. The lowest BCUT2D eigenvalue weighted by molar-refractivity contribution is 0.0507. The van der Waals surface area contributed by atoms with Gasteiger partial charge in [0.25, 0.3) is 0 Å². The minimum absolute atomic E-state index is 0.171. The summed E-state index contributed by atoms with van der Waals surface area (Å²) < 4.78 is 18.6. The van der Waals surface area contributed by atoms with E-state index in [9.17, 15) is 4.39 Å². The Morgan fingerprint density at radius 2 is 2.25 bits per heavy atom. The van der Waals surface area contributed by atoms with Gasteiger partial charge in [0, 0.05) is 5.56 Å². The highest BCUT2D eigenvalue weighted by molar-refractivity contribution is 7.80. The number of rotatable bonds is 5. The highest BCUT2D eigenvalue weighted by Crippen LogP contribution is 2.14. The maximum Gasteiger partial charge on any atom is 0.123 e. The summed E-state index contributed by atoms with van der Waals surface area (Å²) in [5, 5.41) is 0. The third-order valence-corrected chi connectivity index (χ3v) is 2.66. The molecule has 88 valence electrons. The van der Waals surface area contributed by atoms with E-state index in [-0.39, 0.29) is 16.9 Å². The second-order valence-electron chi connectivity index (χ2n) is 3.70. The third-order valence-electron chi connectivity index (χ3n) is 2.44. The van der Waals surface area contributed by atoms with E-state index in [1.54, 1.807) is 6.07 Å². The van der Waals surface area contributed by atoms with E-state index >= 15 is 0 Å². The molecule has 0 saturated heterocycles. The minimum atomic E-state index is -0.338. The number of benzene rings is 1. The van der Waals surface area contributed by atoms with E-state index in [0.717, 1.165) is 12.0 Å². The Bertz CT molecular complexity index is 381. The molecule has 1 aromatic rings. The SMILES string of the molecule is CCC(C)OCc1ccc(F)cc1C(N)=S. The van der Waals surface area contributed by atoms with Crippen molar-refractivity contribution in [1.82, 2.24) is 0 Å². The molecule has 0 saturated carbocycles. The largest absolute Gasteiger partial charge is 0.389 e. The van der Waals surface area contributed by atoms with Crippen LogP contribution in [0.25, 0.3) is 0 Å². The van der Waals surface area contributed by atoms with E-state index in [4.69, 9.17) is 22.7 Å². The Labute approximate surface area is 101 Å². The molecule has 2 nitrogen and oxygen atoms in total. The van der Waals surface area contributed by atoms with Gasteiger partial charge in [-0.15, -0.1) is 0 Å². The van der Waals surface area contributed by atoms with Crippen LogP contribution in [0.3, 0.4) is 0 Å². The summed E-state index contributed by atoms with van der Waals surface area (Å²) in [5.74, 6) is -0.338. The molecule has 0 aromatic heterocycles. The lowest BCUT2D eigenvalue weighted by atomic mass is 10.1. The van der Waals surface area contributed by atoms with Crippen LogP contribution in [0, 0.1) is 5.82 Å². The summed E-state index contributed by atoms with van der Waals surface area (Å²) in [4.78, 5) is 0.197. The van der Waals surface area contributed by atoms with Crippen LogP contribution in [0.2, 0.25) is 0 Å². The third kappa shape index (κ3) is 3.54. The Hall–Kier alpha value is -1.00. The predicted octanol–water partition coefficient (Wildman–Crippen LogP) is 2.78. The molecule has 0 aliphatic carbocycles. The smallest absolute Gasteiger partial charge is 0.123 e. The molecule has 1 atom stereocenters. The normalized spacial score (nSPS) is 12.4. The van der Waals surface area contributed by atoms with Crippen molar-refractivity contribution in [3.05, 3.63) is 35.1 Å². The topological polar surface area (TPSA) is 35.2 Å². The van der Waals surface area contributed by atoms with Crippen LogP contribution in [0.15, 0.2) is 18.2 Å². The first-order valence-electron chi connectivity index (χ1n) is 5.24. The van der Waals surface area contributed by atoms with Crippen molar-refractivity contribution in [2.24, 2.45) is 5.73 Å². The van der Waals surface area contributed by atoms with Crippen molar-refractivity contribution in [2.45, 2.75) is 33.0 Å². The zero-order valence-electron chi connectivity index (χ0n) is 9.50. The fourth-order valence-electron chi connectivity index (χ4n) is 1.25. The van der Waals surface area contributed by atoms with Crippen molar-refractivity contribution in [2.75, 3.05) is 0 Å². The Kier molecular flexibility index (Phi) is 4.83. The van der Waals surface area contributed by atoms with Gasteiger partial charge in [-0.05, 0) is 31.0 Å². The van der Waals surface area contributed by atoms with Gasteiger partial charge in [0.2, 0.25) is 0 Å². The van der Waals surface area contributed by atoms with E-state index in [1.807, 2.05) is 13.8 Å². The zero-order valence-corrected chi connectivity index (χ0v) is 10.3. The first-order valence-corrected chi connectivity index (χ1v) is 5.65. The molecule has 0 aliphatic heterocycles. The number of nitrogens with two attached hydrogens (primary N) is 1. The van der Waals surface area contributed by atoms with Crippen molar-refractivity contribution in [3.8, 4) is 0 Å². The van der Waals surface area contributed by atoms with Gasteiger partial charge in [0.05, 0.1) is 12.7 Å². The second-order valence-corrected chi connectivity index (χ2v) is 4.14. The van der Waals surface area contributed by atoms with Crippen LogP contribution in [0.4, 0.5) is 4.39 Å². The highest BCUT2D eigenvalue weighted by Gasteiger charge is 2.08. The van der Waals surface area contributed by atoms with E-state index in [1.165, 1.54) is 12.1 Å². The number of hydrogen-bond acceptors (Lipinski definition) is 2. The van der Waals surface area contributed by atoms with Crippen molar-refractivity contribution in [1.29, 1.82) is 0 Å². The van der Waals surface area contributed by atoms with Gasteiger partial charge in [0.1, 0.15) is 10.8 Å². The molecule has 0 aliphatic rings. The first kappa shape index (κ1) is 13.1. The Balaban J connectivity index is 2.82. The molecular weight excluding hydrogens is 225 g/mol. The van der Waals surface area contributed by atoms with Crippen molar-refractivity contribution >= 4 is 17.2 Å². The van der Waals surface area contributed by atoms with Gasteiger partial charge in [-0.25, -0.2) is 4.39 Å². The minimum Gasteiger partial charge on any atom is -0.389 e. The van der Waals surface area contributed by atoms with Crippen LogP contribution >= 0.6 is 12.2 Å². The predicted molar refractivity (Wildman–Crippen MR) is 66.8 cm³/mol. The van der Waals surface area contributed by atoms with E-state index < -0.39 is 0 Å². The number of thiocarbonyl (C=S) groups is 1. The second kappa shape index (κ2) is 5.92. The average Bonchev–Trinajstić information content (AvgIpc) is 2.26. The number of halogens is 1. The number of hydrogen-bond donors (Lipinski definition) is 1. The summed E-state index contributed by atoms with van der Waals surface area (Å²) in [6.07, 6.45) is 1.10. The molecule has 1 aromatic carbocycles. The molecule has 0 radical (unpaired) electrons.